The lowest BCUT2D eigenvalue weighted by Crippen LogP contribution is -2.43. The molecule has 3 heterocycles. The van der Waals surface area contributed by atoms with Gasteiger partial charge in [0.05, 0.1) is 17.5 Å². The summed E-state index contributed by atoms with van der Waals surface area (Å²) in [6.45, 7) is 0.614. The predicted molar refractivity (Wildman–Crippen MR) is 102 cm³/mol. The summed E-state index contributed by atoms with van der Waals surface area (Å²) in [4.78, 5) is 23.8. The topological polar surface area (TPSA) is 69.9 Å². The van der Waals surface area contributed by atoms with Crippen molar-refractivity contribution in [2.75, 3.05) is 0 Å². The molecule has 1 aliphatic carbocycles. The Balaban J connectivity index is 1.56. The van der Waals surface area contributed by atoms with E-state index in [2.05, 4.69) is 9.97 Å². The molecule has 1 fully saturated rings. The molecule has 0 bridgehead atoms. The first-order chi connectivity index (χ1) is 12.7. The van der Waals surface area contributed by atoms with Gasteiger partial charge in [-0.1, -0.05) is 38.2 Å². The van der Waals surface area contributed by atoms with Crippen LogP contribution in [-0.4, -0.2) is 32.5 Å². The van der Waals surface area contributed by atoms with Crippen LogP contribution in [0.3, 0.4) is 0 Å². The van der Waals surface area contributed by atoms with Crippen LogP contribution in [0, 0.1) is 11.3 Å². The molecule has 2 aromatic rings. The van der Waals surface area contributed by atoms with Crippen LogP contribution in [0.15, 0.2) is 29.9 Å². The molecular formula is C20H24N4OS. The third-order valence-electron chi connectivity index (χ3n) is 5.58. The van der Waals surface area contributed by atoms with Crippen molar-refractivity contribution in [2.45, 2.75) is 57.5 Å². The highest BCUT2D eigenvalue weighted by atomic mass is 32.1. The van der Waals surface area contributed by atoms with E-state index in [-0.39, 0.29) is 11.8 Å². The van der Waals surface area contributed by atoms with Crippen LogP contribution in [-0.2, 0) is 17.8 Å². The maximum atomic E-state index is 13.2. The standard InChI is InChI=1S/C20H24N4OS/c21-20-19-15(7-4-8-23-19)13-24(20)16(11-14-5-2-1-3-6-14)17(25)12-18-22-9-10-26-18/h4,7-10,14,16,21H,1-3,5-6,11-13H2. The number of nitrogens with zero attached hydrogens (tertiary/aromatic N) is 3. The Bertz CT molecular complexity index is 783. The van der Waals surface area contributed by atoms with E-state index in [1.54, 1.807) is 12.4 Å². The molecule has 1 atom stereocenters. The van der Waals surface area contributed by atoms with Crippen LogP contribution >= 0.6 is 11.3 Å². The molecule has 1 unspecified atom stereocenters. The number of nitrogens with one attached hydrogen (secondary N) is 1. The van der Waals surface area contributed by atoms with Gasteiger partial charge in [-0.25, -0.2) is 4.98 Å². The van der Waals surface area contributed by atoms with Crippen molar-refractivity contribution >= 4 is 23.0 Å². The molecular weight excluding hydrogens is 344 g/mol. The first-order valence-electron chi connectivity index (χ1n) is 9.43. The van der Waals surface area contributed by atoms with Crippen molar-refractivity contribution in [3.8, 4) is 0 Å². The van der Waals surface area contributed by atoms with Crippen molar-refractivity contribution in [1.29, 1.82) is 5.41 Å². The zero-order valence-corrected chi connectivity index (χ0v) is 15.7. The van der Waals surface area contributed by atoms with E-state index in [4.69, 9.17) is 5.41 Å². The lowest BCUT2D eigenvalue weighted by molar-refractivity contribution is -0.123. The number of carbonyl (C=O) groups excluding carboxylic acids is 1. The number of rotatable bonds is 6. The largest absolute Gasteiger partial charge is 0.341 e. The number of thiazole rings is 1. The molecule has 2 aromatic heterocycles. The fraction of sp³-hybridized carbons (Fsp3) is 0.500. The molecule has 0 amide bonds. The van der Waals surface area contributed by atoms with Crippen LogP contribution in [0.4, 0.5) is 0 Å². The number of ketones is 1. The van der Waals surface area contributed by atoms with Crippen LogP contribution in [0.25, 0.3) is 0 Å². The maximum absolute atomic E-state index is 13.2. The van der Waals surface area contributed by atoms with Crippen molar-refractivity contribution in [1.82, 2.24) is 14.9 Å². The average Bonchev–Trinajstić information content (AvgIpc) is 3.29. The number of hydrogen-bond acceptors (Lipinski definition) is 5. The molecule has 26 heavy (non-hydrogen) atoms. The second kappa shape index (κ2) is 7.66. The molecule has 0 aromatic carbocycles. The predicted octanol–water partition coefficient (Wildman–Crippen LogP) is 3.83. The summed E-state index contributed by atoms with van der Waals surface area (Å²) >= 11 is 1.53. The zero-order valence-electron chi connectivity index (χ0n) is 14.9. The van der Waals surface area contributed by atoms with E-state index in [9.17, 15) is 4.79 Å². The lowest BCUT2D eigenvalue weighted by Gasteiger charge is -2.32. The number of Topliss-reactive ketones (excluding diaryl/α,β-unsaturated/α-hetero) is 1. The summed E-state index contributed by atoms with van der Waals surface area (Å²) in [6, 6.07) is 3.67. The molecule has 0 radical (unpaired) electrons. The Morgan fingerprint density at radius 3 is 2.85 bits per heavy atom. The molecule has 1 aliphatic heterocycles. The monoisotopic (exact) mass is 368 g/mol. The first-order valence-corrected chi connectivity index (χ1v) is 10.3. The van der Waals surface area contributed by atoms with Crippen LogP contribution in [0.2, 0.25) is 0 Å². The fourth-order valence-electron chi connectivity index (χ4n) is 4.22. The molecule has 0 saturated heterocycles. The van der Waals surface area contributed by atoms with Crippen molar-refractivity contribution in [3.05, 3.63) is 46.2 Å². The number of aromatic nitrogens is 2. The molecule has 1 N–H and O–H groups in total. The van der Waals surface area contributed by atoms with Gasteiger partial charge < -0.3 is 4.90 Å². The zero-order chi connectivity index (χ0) is 17.9. The number of pyridine rings is 1. The molecule has 0 spiro atoms. The van der Waals surface area contributed by atoms with Gasteiger partial charge in [-0.15, -0.1) is 11.3 Å². The third kappa shape index (κ3) is 3.56. The van der Waals surface area contributed by atoms with Crippen molar-refractivity contribution < 1.29 is 4.79 Å². The van der Waals surface area contributed by atoms with Crippen molar-refractivity contribution in [2.24, 2.45) is 5.92 Å². The maximum Gasteiger partial charge on any atom is 0.162 e. The average molecular weight is 369 g/mol. The van der Waals surface area contributed by atoms with Gasteiger partial charge in [0.1, 0.15) is 11.5 Å². The quantitative estimate of drug-likeness (QED) is 0.841. The second-order valence-electron chi connectivity index (χ2n) is 7.31. The molecule has 1 saturated carbocycles. The lowest BCUT2D eigenvalue weighted by atomic mass is 9.83. The highest BCUT2D eigenvalue weighted by Crippen LogP contribution is 2.32. The van der Waals surface area contributed by atoms with Gasteiger partial charge >= 0.3 is 0 Å². The summed E-state index contributed by atoms with van der Waals surface area (Å²) < 4.78 is 0. The number of hydrogen-bond donors (Lipinski definition) is 1. The van der Waals surface area contributed by atoms with E-state index >= 15 is 0 Å². The third-order valence-corrected chi connectivity index (χ3v) is 6.36. The number of amidine groups is 1. The molecule has 136 valence electrons. The minimum Gasteiger partial charge on any atom is -0.341 e. The molecule has 5 nitrogen and oxygen atoms in total. The normalized spacial score (nSPS) is 18.8. The summed E-state index contributed by atoms with van der Waals surface area (Å²) in [5, 5.41) is 11.4. The highest BCUT2D eigenvalue weighted by Gasteiger charge is 2.36. The molecule has 4 rings (SSSR count). The Labute approximate surface area is 158 Å². The van der Waals surface area contributed by atoms with E-state index in [0.29, 0.717) is 24.7 Å². The highest BCUT2D eigenvalue weighted by molar-refractivity contribution is 7.09. The van der Waals surface area contributed by atoms with Gasteiger partial charge in [-0.2, -0.15) is 0 Å². The van der Waals surface area contributed by atoms with Crippen LogP contribution in [0.1, 0.15) is 54.8 Å². The fourth-order valence-corrected chi connectivity index (χ4v) is 4.85. The smallest absolute Gasteiger partial charge is 0.162 e. The van der Waals surface area contributed by atoms with Gasteiger partial charge in [0.2, 0.25) is 0 Å². The van der Waals surface area contributed by atoms with Crippen molar-refractivity contribution in [3.63, 3.8) is 0 Å². The Morgan fingerprint density at radius 1 is 1.27 bits per heavy atom. The summed E-state index contributed by atoms with van der Waals surface area (Å²) in [7, 11) is 0. The minimum absolute atomic E-state index is 0.183. The summed E-state index contributed by atoms with van der Waals surface area (Å²) in [6.07, 6.45) is 10.9. The number of carbonyl (C=O) groups is 1. The Kier molecular flexibility index (Phi) is 5.11. The minimum atomic E-state index is -0.247. The van der Waals surface area contributed by atoms with E-state index in [1.807, 2.05) is 22.4 Å². The van der Waals surface area contributed by atoms with Gasteiger partial charge in [-0.3, -0.25) is 15.2 Å². The SMILES string of the molecule is N=C1c2ncccc2CN1C(CC1CCCCC1)C(=O)Cc1nccs1. The van der Waals surface area contributed by atoms with Crippen LogP contribution < -0.4 is 0 Å². The van der Waals surface area contributed by atoms with Gasteiger partial charge in [0.15, 0.2) is 5.78 Å². The Hall–Kier alpha value is -2.08. The summed E-state index contributed by atoms with van der Waals surface area (Å²) in [5.41, 5.74) is 1.77. The Morgan fingerprint density at radius 2 is 2.12 bits per heavy atom. The summed E-state index contributed by atoms with van der Waals surface area (Å²) in [5.74, 6) is 1.16. The van der Waals surface area contributed by atoms with Gasteiger partial charge in [0, 0.05) is 29.9 Å². The second-order valence-corrected chi connectivity index (χ2v) is 8.29. The van der Waals surface area contributed by atoms with E-state index < -0.39 is 0 Å². The molecule has 2 aliphatic rings. The molecule has 6 heteroatoms. The van der Waals surface area contributed by atoms with Gasteiger partial charge in [-0.05, 0) is 18.4 Å². The number of fused-ring (bicyclic) bond motifs is 1. The van der Waals surface area contributed by atoms with Gasteiger partial charge in [0.25, 0.3) is 0 Å². The van der Waals surface area contributed by atoms with E-state index in [1.165, 1.54) is 43.4 Å². The van der Waals surface area contributed by atoms with E-state index in [0.717, 1.165) is 22.7 Å². The van der Waals surface area contributed by atoms with Crippen LogP contribution in [0.5, 0.6) is 0 Å². The first kappa shape index (κ1) is 17.3.